The third-order valence-corrected chi connectivity index (χ3v) is 3.31. The summed E-state index contributed by atoms with van der Waals surface area (Å²) in [6, 6.07) is 8.74. The summed E-state index contributed by atoms with van der Waals surface area (Å²) in [6.45, 7) is -0.383. The largest absolute Gasteiger partial charge is 0.345 e. The number of carbonyl (C=O) groups is 2. The highest BCUT2D eigenvalue weighted by Gasteiger charge is 2.15. The Morgan fingerprint density at radius 2 is 1.96 bits per heavy atom. The molecule has 2 aromatic rings. The Morgan fingerprint density at radius 1 is 1.24 bits per heavy atom. The number of anilines is 1. The van der Waals surface area contributed by atoms with Crippen molar-refractivity contribution in [1.29, 1.82) is 0 Å². The maximum atomic E-state index is 12.1. The van der Waals surface area contributed by atoms with Gasteiger partial charge in [-0.1, -0.05) is 6.07 Å². The number of nitrogens with zero attached hydrogens (tertiary/aromatic N) is 3. The molecule has 1 heterocycles. The standard InChI is InChI=1S/C16H16N4O5/c1-18(2)15(22)11-5-3-6-12(9-11)17-14(21)10-19-8-4-7-13(16(19)23)20(24)25/h3-9H,10H2,1-2H3,(H,17,21). The molecule has 2 amide bonds. The summed E-state index contributed by atoms with van der Waals surface area (Å²) in [7, 11) is 3.23. The highest BCUT2D eigenvalue weighted by atomic mass is 16.6. The molecule has 0 aliphatic carbocycles. The van der Waals surface area contributed by atoms with E-state index in [4.69, 9.17) is 0 Å². The van der Waals surface area contributed by atoms with Crippen molar-refractivity contribution in [3.05, 3.63) is 68.6 Å². The summed E-state index contributed by atoms with van der Waals surface area (Å²) in [5.41, 5.74) is -0.681. The first kappa shape index (κ1) is 17.9. The smallest absolute Gasteiger partial charge is 0.334 e. The van der Waals surface area contributed by atoms with E-state index < -0.39 is 22.1 Å². The van der Waals surface area contributed by atoms with Gasteiger partial charge in [-0.25, -0.2) is 0 Å². The van der Waals surface area contributed by atoms with Crippen molar-refractivity contribution in [2.24, 2.45) is 0 Å². The SMILES string of the molecule is CN(C)C(=O)c1cccc(NC(=O)Cn2cccc([N+](=O)[O-])c2=O)c1. The fourth-order valence-corrected chi connectivity index (χ4v) is 2.13. The van der Waals surface area contributed by atoms with E-state index in [1.165, 1.54) is 23.2 Å². The second kappa shape index (κ2) is 7.39. The molecule has 25 heavy (non-hydrogen) atoms. The normalized spacial score (nSPS) is 10.2. The lowest BCUT2D eigenvalue weighted by Crippen LogP contribution is -2.28. The second-order valence-corrected chi connectivity index (χ2v) is 5.41. The van der Waals surface area contributed by atoms with E-state index in [1.54, 1.807) is 32.3 Å². The zero-order chi connectivity index (χ0) is 18.6. The van der Waals surface area contributed by atoms with Crippen molar-refractivity contribution in [1.82, 2.24) is 9.47 Å². The van der Waals surface area contributed by atoms with Crippen molar-refractivity contribution in [3.63, 3.8) is 0 Å². The summed E-state index contributed by atoms with van der Waals surface area (Å²) in [5, 5.41) is 13.3. The number of hydrogen-bond donors (Lipinski definition) is 1. The highest BCUT2D eigenvalue weighted by Crippen LogP contribution is 2.12. The van der Waals surface area contributed by atoms with Crippen LogP contribution in [-0.2, 0) is 11.3 Å². The average molecular weight is 344 g/mol. The minimum absolute atomic E-state index is 0.217. The zero-order valence-electron chi connectivity index (χ0n) is 13.6. The van der Waals surface area contributed by atoms with Gasteiger partial charge in [-0.05, 0) is 24.3 Å². The first-order valence-corrected chi connectivity index (χ1v) is 7.25. The maximum Gasteiger partial charge on any atom is 0.334 e. The molecule has 0 bridgehead atoms. The third-order valence-electron chi connectivity index (χ3n) is 3.31. The predicted molar refractivity (Wildman–Crippen MR) is 90.4 cm³/mol. The molecule has 0 saturated heterocycles. The van der Waals surface area contributed by atoms with Crippen LogP contribution in [0.1, 0.15) is 10.4 Å². The molecule has 0 saturated carbocycles. The Balaban J connectivity index is 2.15. The third kappa shape index (κ3) is 4.28. The van der Waals surface area contributed by atoms with Gasteiger partial charge in [-0.15, -0.1) is 0 Å². The van der Waals surface area contributed by atoms with Crippen molar-refractivity contribution in [3.8, 4) is 0 Å². The van der Waals surface area contributed by atoms with E-state index in [-0.39, 0.29) is 12.5 Å². The quantitative estimate of drug-likeness (QED) is 0.644. The highest BCUT2D eigenvalue weighted by molar-refractivity contribution is 5.96. The number of aromatic nitrogens is 1. The van der Waals surface area contributed by atoms with Crippen LogP contribution in [0.25, 0.3) is 0 Å². The number of pyridine rings is 1. The van der Waals surface area contributed by atoms with Crippen molar-refractivity contribution in [2.45, 2.75) is 6.54 Å². The molecule has 0 radical (unpaired) electrons. The molecule has 9 nitrogen and oxygen atoms in total. The molecule has 0 atom stereocenters. The molecule has 1 aromatic heterocycles. The van der Waals surface area contributed by atoms with Crippen LogP contribution in [0.15, 0.2) is 47.4 Å². The van der Waals surface area contributed by atoms with Gasteiger partial charge in [0.15, 0.2) is 0 Å². The minimum atomic E-state index is -0.862. The van der Waals surface area contributed by atoms with Crippen LogP contribution in [-0.4, -0.2) is 40.3 Å². The Hall–Kier alpha value is -3.49. The van der Waals surface area contributed by atoms with Gasteiger partial charge < -0.3 is 14.8 Å². The summed E-state index contributed by atoms with van der Waals surface area (Å²) in [5.74, 6) is -0.761. The molecule has 9 heteroatoms. The van der Waals surface area contributed by atoms with E-state index in [0.717, 1.165) is 10.6 Å². The second-order valence-electron chi connectivity index (χ2n) is 5.41. The van der Waals surface area contributed by atoms with Crippen LogP contribution in [0.4, 0.5) is 11.4 Å². The van der Waals surface area contributed by atoms with E-state index >= 15 is 0 Å². The number of benzene rings is 1. The van der Waals surface area contributed by atoms with Crippen LogP contribution in [0.5, 0.6) is 0 Å². The average Bonchev–Trinajstić information content (AvgIpc) is 2.55. The number of rotatable bonds is 5. The number of nitrogens with one attached hydrogen (secondary N) is 1. The van der Waals surface area contributed by atoms with Gasteiger partial charge in [0.1, 0.15) is 6.54 Å². The summed E-state index contributed by atoms with van der Waals surface area (Å²) in [4.78, 5) is 47.3. The molecule has 1 aromatic carbocycles. The molecule has 0 unspecified atom stereocenters. The molecular formula is C16H16N4O5. The van der Waals surface area contributed by atoms with Gasteiger partial charge in [0.2, 0.25) is 5.91 Å². The van der Waals surface area contributed by atoms with Gasteiger partial charge in [0, 0.05) is 37.6 Å². The molecule has 1 N–H and O–H groups in total. The van der Waals surface area contributed by atoms with E-state index in [2.05, 4.69) is 5.32 Å². The molecule has 130 valence electrons. The lowest BCUT2D eigenvalue weighted by Gasteiger charge is -2.12. The van der Waals surface area contributed by atoms with E-state index in [9.17, 15) is 24.5 Å². The summed E-state index contributed by atoms with van der Waals surface area (Å²) >= 11 is 0. The zero-order valence-corrected chi connectivity index (χ0v) is 13.6. The molecule has 2 rings (SSSR count). The van der Waals surface area contributed by atoms with E-state index in [1.807, 2.05) is 0 Å². The Labute approximate surface area is 142 Å². The Morgan fingerprint density at radius 3 is 2.60 bits per heavy atom. The van der Waals surface area contributed by atoms with Crippen molar-refractivity contribution >= 4 is 23.2 Å². The number of amides is 2. The monoisotopic (exact) mass is 344 g/mol. The van der Waals surface area contributed by atoms with Crippen LogP contribution in [0.2, 0.25) is 0 Å². The molecule has 0 aliphatic heterocycles. The minimum Gasteiger partial charge on any atom is -0.345 e. The van der Waals surface area contributed by atoms with Crippen LogP contribution in [0, 0.1) is 10.1 Å². The van der Waals surface area contributed by atoms with Crippen LogP contribution < -0.4 is 10.9 Å². The molecule has 0 aliphatic rings. The summed E-state index contributed by atoms with van der Waals surface area (Å²) in [6.07, 6.45) is 1.29. The first-order chi connectivity index (χ1) is 11.8. The Kier molecular flexibility index (Phi) is 5.28. The van der Waals surface area contributed by atoms with Gasteiger partial charge in [0.05, 0.1) is 4.92 Å². The topological polar surface area (TPSA) is 115 Å². The maximum absolute atomic E-state index is 12.1. The molecule has 0 fully saturated rings. The van der Waals surface area contributed by atoms with Crippen molar-refractivity contribution < 1.29 is 14.5 Å². The lowest BCUT2D eigenvalue weighted by molar-refractivity contribution is -0.386. The summed E-state index contributed by atoms with van der Waals surface area (Å²) < 4.78 is 0.947. The van der Waals surface area contributed by atoms with E-state index in [0.29, 0.717) is 11.3 Å². The van der Waals surface area contributed by atoms with Crippen LogP contribution >= 0.6 is 0 Å². The molecular weight excluding hydrogens is 328 g/mol. The fourth-order valence-electron chi connectivity index (χ4n) is 2.13. The van der Waals surface area contributed by atoms with Crippen molar-refractivity contribution in [2.75, 3.05) is 19.4 Å². The predicted octanol–water partition coefficient (Wildman–Crippen LogP) is 1.10. The van der Waals surface area contributed by atoms with Crippen LogP contribution in [0.3, 0.4) is 0 Å². The number of carbonyl (C=O) groups excluding carboxylic acids is 2. The van der Waals surface area contributed by atoms with Gasteiger partial charge >= 0.3 is 11.2 Å². The number of nitro groups is 1. The Bertz CT molecular complexity index is 888. The lowest BCUT2D eigenvalue weighted by atomic mass is 10.2. The van der Waals surface area contributed by atoms with Gasteiger partial charge in [0.25, 0.3) is 5.91 Å². The number of hydrogen-bond acceptors (Lipinski definition) is 5. The fraction of sp³-hybridized carbons (Fsp3) is 0.188. The van der Waals surface area contributed by atoms with Gasteiger partial charge in [-0.3, -0.25) is 24.5 Å². The first-order valence-electron chi connectivity index (χ1n) is 7.25. The van der Waals surface area contributed by atoms with Gasteiger partial charge in [-0.2, -0.15) is 0 Å². The molecule has 0 spiro atoms.